The van der Waals surface area contributed by atoms with Gasteiger partial charge in [0.25, 0.3) is 0 Å². The molecule has 96 valence electrons. The Labute approximate surface area is 114 Å². The number of ether oxygens (including phenoxy) is 2. The van der Waals surface area contributed by atoms with Gasteiger partial charge in [0.05, 0.1) is 11.6 Å². The molecule has 1 fully saturated rings. The van der Waals surface area contributed by atoms with Crippen LogP contribution < -0.4 is 5.73 Å². The molecule has 0 spiro atoms. The van der Waals surface area contributed by atoms with Gasteiger partial charge in [0.1, 0.15) is 0 Å². The molecule has 2 rings (SSSR count). The number of hydrogen-bond donors (Lipinski definition) is 1. The molecule has 1 aromatic rings. The molecule has 0 saturated carbocycles. The molecule has 1 aliphatic rings. The van der Waals surface area contributed by atoms with Crippen LogP contribution in [0.4, 0.5) is 0 Å². The number of thiophene rings is 1. The highest BCUT2D eigenvalue weighted by Crippen LogP contribution is 2.39. The first-order valence-corrected chi connectivity index (χ1v) is 7.62. The van der Waals surface area contributed by atoms with Gasteiger partial charge in [-0.05, 0) is 33.8 Å². The third kappa shape index (κ3) is 2.74. The molecule has 1 atom stereocenters. The Kier molecular flexibility index (Phi) is 4.60. The molecule has 2 N–H and O–H groups in total. The van der Waals surface area contributed by atoms with Crippen molar-refractivity contribution in [1.29, 1.82) is 0 Å². The van der Waals surface area contributed by atoms with Crippen molar-refractivity contribution < 1.29 is 9.47 Å². The zero-order valence-corrected chi connectivity index (χ0v) is 12.4. The van der Waals surface area contributed by atoms with E-state index in [0.29, 0.717) is 6.61 Å². The molecule has 0 amide bonds. The van der Waals surface area contributed by atoms with Crippen LogP contribution in [0, 0.1) is 0 Å². The maximum atomic E-state index is 6.43. The fourth-order valence-electron chi connectivity index (χ4n) is 2.35. The van der Waals surface area contributed by atoms with Gasteiger partial charge in [-0.25, -0.2) is 0 Å². The van der Waals surface area contributed by atoms with E-state index in [1.165, 1.54) is 0 Å². The van der Waals surface area contributed by atoms with Gasteiger partial charge >= 0.3 is 0 Å². The lowest BCUT2D eigenvalue weighted by molar-refractivity contribution is -0.121. The Morgan fingerprint density at radius 2 is 2.24 bits per heavy atom. The predicted molar refractivity (Wildman–Crippen MR) is 73.4 cm³/mol. The van der Waals surface area contributed by atoms with Gasteiger partial charge < -0.3 is 15.2 Å². The van der Waals surface area contributed by atoms with Crippen LogP contribution in [0.25, 0.3) is 0 Å². The zero-order chi connectivity index (χ0) is 12.3. The highest BCUT2D eigenvalue weighted by molar-refractivity contribution is 9.10. The summed E-state index contributed by atoms with van der Waals surface area (Å²) in [6.45, 7) is 4.17. The van der Waals surface area contributed by atoms with Gasteiger partial charge in [-0.3, -0.25) is 0 Å². The van der Waals surface area contributed by atoms with Crippen LogP contribution in [-0.2, 0) is 9.47 Å². The molecule has 0 aromatic carbocycles. The summed E-state index contributed by atoms with van der Waals surface area (Å²) >= 11 is 5.21. The van der Waals surface area contributed by atoms with Crippen LogP contribution in [0.5, 0.6) is 0 Å². The number of rotatable bonds is 4. The molecule has 1 saturated heterocycles. The largest absolute Gasteiger partial charge is 0.381 e. The zero-order valence-electron chi connectivity index (χ0n) is 9.95. The van der Waals surface area contributed by atoms with E-state index in [1.54, 1.807) is 11.3 Å². The van der Waals surface area contributed by atoms with E-state index in [4.69, 9.17) is 15.2 Å². The van der Waals surface area contributed by atoms with Crippen LogP contribution in [-0.4, -0.2) is 25.4 Å². The lowest BCUT2D eigenvalue weighted by Crippen LogP contribution is -2.48. The van der Waals surface area contributed by atoms with Gasteiger partial charge in [0.15, 0.2) is 0 Å². The predicted octanol–water partition coefficient (Wildman–Crippen LogP) is 3.10. The van der Waals surface area contributed by atoms with Gasteiger partial charge in [0.2, 0.25) is 0 Å². The van der Waals surface area contributed by atoms with Crippen molar-refractivity contribution in [2.24, 2.45) is 5.73 Å². The summed E-state index contributed by atoms with van der Waals surface area (Å²) in [5.74, 6) is 0. The summed E-state index contributed by atoms with van der Waals surface area (Å²) in [7, 11) is 0. The minimum atomic E-state index is -0.267. The van der Waals surface area contributed by atoms with E-state index in [-0.39, 0.29) is 11.6 Å². The van der Waals surface area contributed by atoms with Crippen molar-refractivity contribution in [2.75, 3.05) is 19.8 Å². The second-order valence-corrected chi connectivity index (χ2v) is 5.86. The molecule has 1 aliphatic heterocycles. The van der Waals surface area contributed by atoms with Crippen molar-refractivity contribution >= 4 is 27.3 Å². The fourth-order valence-corrected chi connectivity index (χ4v) is 3.93. The number of halogens is 1. The standard InChI is InChI=1S/C12H18BrNO2S/c1-2-16-12(3-5-15-6-4-12)11(14)9-7-17-8-10(9)13/h7-8,11H,2-6,14H2,1H3. The molecule has 1 unspecified atom stereocenters. The molecule has 5 heteroatoms. The number of nitrogens with two attached hydrogens (primary N) is 1. The van der Waals surface area contributed by atoms with Gasteiger partial charge in [-0.2, -0.15) is 11.3 Å². The summed E-state index contributed by atoms with van der Waals surface area (Å²) in [6, 6.07) is -0.0908. The minimum Gasteiger partial charge on any atom is -0.381 e. The molecule has 17 heavy (non-hydrogen) atoms. The maximum Gasteiger partial charge on any atom is 0.0918 e. The van der Waals surface area contributed by atoms with Crippen molar-refractivity contribution in [3.8, 4) is 0 Å². The Morgan fingerprint density at radius 1 is 1.53 bits per heavy atom. The SMILES string of the molecule is CCOC1(C(N)c2cscc2Br)CCOCC1. The van der Waals surface area contributed by atoms with Crippen molar-refractivity contribution in [2.45, 2.75) is 31.4 Å². The van der Waals surface area contributed by atoms with Gasteiger partial charge in [-0.1, -0.05) is 0 Å². The molecule has 0 bridgehead atoms. The monoisotopic (exact) mass is 319 g/mol. The number of hydrogen-bond acceptors (Lipinski definition) is 4. The Morgan fingerprint density at radius 3 is 2.76 bits per heavy atom. The summed E-state index contributed by atoms with van der Waals surface area (Å²) < 4.78 is 12.5. The average molecular weight is 320 g/mol. The topological polar surface area (TPSA) is 44.5 Å². The average Bonchev–Trinajstić information content (AvgIpc) is 2.76. The highest BCUT2D eigenvalue weighted by atomic mass is 79.9. The van der Waals surface area contributed by atoms with Crippen LogP contribution in [0.15, 0.2) is 15.2 Å². The summed E-state index contributed by atoms with van der Waals surface area (Å²) in [4.78, 5) is 0. The van der Waals surface area contributed by atoms with E-state index in [0.717, 1.165) is 36.1 Å². The molecular formula is C12H18BrNO2S. The summed E-state index contributed by atoms with van der Waals surface area (Å²) in [5, 5.41) is 4.17. The van der Waals surface area contributed by atoms with E-state index in [1.807, 2.05) is 6.92 Å². The Bertz CT molecular complexity index is 358. The highest BCUT2D eigenvalue weighted by Gasteiger charge is 2.40. The quantitative estimate of drug-likeness (QED) is 0.927. The first kappa shape index (κ1) is 13.5. The van der Waals surface area contributed by atoms with Crippen molar-refractivity contribution in [3.05, 3.63) is 20.8 Å². The van der Waals surface area contributed by atoms with Crippen LogP contribution in [0.1, 0.15) is 31.4 Å². The second-order valence-electron chi connectivity index (χ2n) is 4.26. The fraction of sp³-hybridized carbons (Fsp3) is 0.667. The minimum absolute atomic E-state index is 0.0908. The van der Waals surface area contributed by atoms with E-state index < -0.39 is 0 Å². The maximum absolute atomic E-state index is 6.43. The second kappa shape index (κ2) is 5.80. The molecule has 3 nitrogen and oxygen atoms in total. The van der Waals surface area contributed by atoms with Crippen LogP contribution in [0.2, 0.25) is 0 Å². The third-order valence-electron chi connectivity index (χ3n) is 3.32. The van der Waals surface area contributed by atoms with Crippen molar-refractivity contribution in [3.63, 3.8) is 0 Å². The lowest BCUT2D eigenvalue weighted by Gasteiger charge is -2.41. The molecular weight excluding hydrogens is 302 g/mol. The van der Waals surface area contributed by atoms with Gasteiger partial charge in [0, 0.05) is 42.5 Å². The third-order valence-corrected chi connectivity index (χ3v) is 5.07. The summed E-state index contributed by atoms with van der Waals surface area (Å²) in [5.41, 5.74) is 7.31. The van der Waals surface area contributed by atoms with Gasteiger partial charge in [-0.15, -0.1) is 0 Å². The first-order chi connectivity index (χ1) is 8.19. The van der Waals surface area contributed by atoms with E-state index >= 15 is 0 Å². The first-order valence-electron chi connectivity index (χ1n) is 5.88. The summed E-state index contributed by atoms with van der Waals surface area (Å²) in [6.07, 6.45) is 1.73. The lowest BCUT2D eigenvalue weighted by atomic mass is 9.83. The van der Waals surface area contributed by atoms with Crippen molar-refractivity contribution in [1.82, 2.24) is 0 Å². The van der Waals surface area contributed by atoms with E-state index in [2.05, 4.69) is 26.7 Å². The normalized spacial score (nSPS) is 21.4. The Hall–Kier alpha value is 0.0600. The van der Waals surface area contributed by atoms with Crippen LogP contribution in [0.3, 0.4) is 0 Å². The molecule has 1 aromatic heterocycles. The Balaban J connectivity index is 2.23. The van der Waals surface area contributed by atoms with E-state index in [9.17, 15) is 0 Å². The molecule has 2 heterocycles. The van der Waals surface area contributed by atoms with Crippen LogP contribution >= 0.6 is 27.3 Å². The molecule has 0 radical (unpaired) electrons. The smallest absolute Gasteiger partial charge is 0.0918 e. The molecule has 0 aliphatic carbocycles.